The summed E-state index contributed by atoms with van der Waals surface area (Å²) >= 11 is 17.0. The van der Waals surface area contributed by atoms with Gasteiger partial charge in [-0.15, -0.1) is 23.2 Å². The second-order valence-corrected chi connectivity index (χ2v) is 3.71. The molecule has 0 amide bonds. The molecule has 1 aromatic rings. The number of hydrogen-bond donors (Lipinski definition) is 0. The third kappa shape index (κ3) is 2.71. The van der Waals surface area contributed by atoms with Gasteiger partial charge in [-0.05, 0) is 12.1 Å². The Labute approximate surface area is 90.1 Å². The predicted molar refractivity (Wildman–Crippen MR) is 53.7 cm³/mol. The lowest BCUT2D eigenvalue weighted by Crippen LogP contribution is -1.82. The van der Waals surface area contributed by atoms with E-state index in [-0.39, 0.29) is 0 Å². The van der Waals surface area contributed by atoms with Gasteiger partial charge in [-0.1, -0.05) is 17.7 Å². The van der Waals surface area contributed by atoms with E-state index in [2.05, 4.69) is 4.99 Å². The fourth-order valence-corrected chi connectivity index (χ4v) is 1.59. The van der Waals surface area contributed by atoms with Crippen LogP contribution in [0.15, 0.2) is 23.2 Å². The third-order valence-electron chi connectivity index (χ3n) is 1.39. The van der Waals surface area contributed by atoms with Gasteiger partial charge in [0, 0.05) is 10.6 Å². The molecule has 68 valence electrons. The molecule has 0 spiro atoms. The maximum atomic E-state index is 9.92. The lowest BCUT2D eigenvalue weighted by molar-refractivity contribution is 0.565. The molecular formula is C8H4Cl3NO. The highest BCUT2D eigenvalue weighted by atomic mass is 35.5. The molecule has 0 unspecified atom stereocenters. The average Bonchev–Trinajstić information content (AvgIpc) is 2.04. The van der Waals surface area contributed by atoms with Crippen LogP contribution in [0, 0.1) is 0 Å². The Morgan fingerprint density at radius 3 is 2.54 bits per heavy atom. The molecule has 0 bridgehead atoms. The first-order valence-corrected chi connectivity index (χ1v) is 4.55. The number of rotatable bonds is 2. The predicted octanol–water partition coefficient (Wildman–Crippen LogP) is 3.78. The van der Waals surface area contributed by atoms with Crippen LogP contribution in [0.2, 0.25) is 5.02 Å². The van der Waals surface area contributed by atoms with Crippen LogP contribution in [0.5, 0.6) is 0 Å². The van der Waals surface area contributed by atoms with Crippen molar-refractivity contribution in [3.05, 3.63) is 28.8 Å². The van der Waals surface area contributed by atoms with Crippen LogP contribution in [-0.2, 0) is 4.79 Å². The molecule has 0 atom stereocenters. The SMILES string of the molecule is O=C=Nc1ccc(C(Cl)Cl)c(Cl)c1. The number of hydrogen-bond acceptors (Lipinski definition) is 2. The van der Waals surface area contributed by atoms with Crippen LogP contribution in [0.25, 0.3) is 0 Å². The summed E-state index contributed by atoms with van der Waals surface area (Å²) < 4.78 is 0. The molecule has 0 aliphatic heterocycles. The van der Waals surface area contributed by atoms with Gasteiger partial charge in [-0.25, -0.2) is 4.79 Å². The highest BCUT2D eigenvalue weighted by molar-refractivity contribution is 6.45. The lowest BCUT2D eigenvalue weighted by Gasteiger charge is -2.03. The van der Waals surface area contributed by atoms with Gasteiger partial charge in [0.1, 0.15) is 4.84 Å². The van der Waals surface area contributed by atoms with E-state index in [1.54, 1.807) is 12.1 Å². The molecule has 0 heterocycles. The second kappa shape index (κ2) is 4.64. The van der Waals surface area contributed by atoms with Crippen LogP contribution >= 0.6 is 34.8 Å². The normalized spacial score (nSPS) is 9.85. The Kier molecular flexibility index (Phi) is 3.76. The number of alkyl halides is 2. The van der Waals surface area contributed by atoms with E-state index in [1.807, 2.05) is 0 Å². The minimum Gasteiger partial charge on any atom is -0.211 e. The molecule has 0 fully saturated rings. The summed E-state index contributed by atoms with van der Waals surface area (Å²) in [6.07, 6.45) is 1.41. The number of nitrogens with zero attached hydrogens (tertiary/aromatic N) is 1. The molecule has 0 aliphatic rings. The summed E-state index contributed by atoms with van der Waals surface area (Å²) in [6.45, 7) is 0. The number of benzene rings is 1. The summed E-state index contributed by atoms with van der Waals surface area (Å²) in [5.74, 6) is 0. The van der Waals surface area contributed by atoms with Gasteiger partial charge < -0.3 is 0 Å². The first-order chi connectivity index (χ1) is 6.15. The van der Waals surface area contributed by atoms with Crippen LogP contribution in [0.3, 0.4) is 0 Å². The number of aliphatic imine (C=N–C) groups is 1. The number of carbonyl (C=O) groups excluding carboxylic acids is 1. The summed E-state index contributed by atoms with van der Waals surface area (Å²) in [5.41, 5.74) is 1.02. The summed E-state index contributed by atoms with van der Waals surface area (Å²) in [6, 6.07) is 4.70. The third-order valence-corrected chi connectivity index (χ3v) is 2.19. The van der Waals surface area contributed by atoms with E-state index < -0.39 is 4.84 Å². The summed E-state index contributed by atoms with van der Waals surface area (Å²) in [5, 5.41) is 0.381. The molecule has 0 saturated heterocycles. The van der Waals surface area contributed by atoms with Gasteiger partial charge >= 0.3 is 0 Å². The second-order valence-electron chi connectivity index (χ2n) is 2.21. The molecule has 1 rings (SSSR count). The van der Waals surface area contributed by atoms with E-state index in [0.717, 1.165) is 0 Å². The van der Waals surface area contributed by atoms with Crippen molar-refractivity contribution in [2.24, 2.45) is 4.99 Å². The molecule has 1 aromatic carbocycles. The van der Waals surface area contributed by atoms with Gasteiger partial charge in [-0.2, -0.15) is 4.99 Å². The highest BCUT2D eigenvalue weighted by Gasteiger charge is 2.08. The average molecular weight is 236 g/mol. The van der Waals surface area contributed by atoms with E-state index in [0.29, 0.717) is 16.3 Å². The summed E-state index contributed by atoms with van der Waals surface area (Å²) in [4.78, 5) is 12.6. The quantitative estimate of drug-likeness (QED) is 0.436. The van der Waals surface area contributed by atoms with E-state index in [4.69, 9.17) is 34.8 Å². The maximum absolute atomic E-state index is 9.92. The fraction of sp³-hybridized carbons (Fsp3) is 0.125. The van der Waals surface area contributed by atoms with E-state index in [9.17, 15) is 4.79 Å². The van der Waals surface area contributed by atoms with Gasteiger partial charge in [0.25, 0.3) is 0 Å². The Bertz CT molecular complexity index is 358. The van der Waals surface area contributed by atoms with Crippen molar-refractivity contribution in [2.75, 3.05) is 0 Å². The minimum absolute atomic E-state index is 0.381. The molecule has 0 aromatic heterocycles. The maximum Gasteiger partial charge on any atom is 0.240 e. The molecule has 0 saturated carbocycles. The fourth-order valence-electron chi connectivity index (χ4n) is 0.815. The van der Waals surface area contributed by atoms with Crippen molar-refractivity contribution < 1.29 is 4.79 Å². The molecule has 2 nitrogen and oxygen atoms in total. The Morgan fingerprint density at radius 1 is 1.38 bits per heavy atom. The first-order valence-electron chi connectivity index (χ1n) is 3.30. The van der Waals surface area contributed by atoms with Crippen molar-refractivity contribution >= 4 is 46.6 Å². The van der Waals surface area contributed by atoms with Crippen molar-refractivity contribution in [1.29, 1.82) is 0 Å². The van der Waals surface area contributed by atoms with Gasteiger partial charge in [0.15, 0.2) is 0 Å². The number of halogens is 3. The Hall–Kier alpha value is -0.530. The zero-order chi connectivity index (χ0) is 9.84. The van der Waals surface area contributed by atoms with Gasteiger partial charge in [-0.3, -0.25) is 0 Å². The Balaban J connectivity index is 3.12. The Morgan fingerprint density at radius 2 is 2.08 bits per heavy atom. The number of isocyanates is 1. The smallest absolute Gasteiger partial charge is 0.211 e. The van der Waals surface area contributed by atoms with E-state index in [1.165, 1.54) is 12.1 Å². The van der Waals surface area contributed by atoms with E-state index >= 15 is 0 Å². The van der Waals surface area contributed by atoms with Gasteiger partial charge in [0.05, 0.1) is 5.69 Å². The topological polar surface area (TPSA) is 29.4 Å². The first kappa shape index (κ1) is 10.6. The van der Waals surface area contributed by atoms with Crippen LogP contribution < -0.4 is 0 Å². The molecule has 13 heavy (non-hydrogen) atoms. The minimum atomic E-state index is -0.679. The molecule has 0 radical (unpaired) electrons. The van der Waals surface area contributed by atoms with Crippen LogP contribution in [0.4, 0.5) is 5.69 Å². The largest absolute Gasteiger partial charge is 0.240 e. The summed E-state index contributed by atoms with van der Waals surface area (Å²) in [7, 11) is 0. The van der Waals surface area contributed by atoms with Crippen molar-refractivity contribution in [3.63, 3.8) is 0 Å². The monoisotopic (exact) mass is 235 g/mol. The molecule has 0 N–H and O–H groups in total. The zero-order valence-electron chi connectivity index (χ0n) is 6.30. The zero-order valence-corrected chi connectivity index (χ0v) is 8.57. The highest BCUT2D eigenvalue weighted by Crippen LogP contribution is 2.33. The van der Waals surface area contributed by atoms with Crippen molar-refractivity contribution in [2.45, 2.75) is 4.84 Å². The van der Waals surface area contributed by atoms with Crippen LogP contribution in [-0.4, -0.2) is 6.08 Å². The lowest BCUT2D eigenvalue weighted by atomic mass is 10.2. The molecule has 0 aliphatic carbocycles. The van der Waals surface area contributed by atoms with Crippen LogP contribution in [0.1, 0.15) is 10.4 Å². The van der Waals surface area contributed by atoms with Crippen molar-refractivity contribution in [1.82, 2.24) is 0 Å². The standard InChI is InChI=1S/C8H4Cl3NO/c9-7-3-5(12-4-13)1-2-6(7)8(10)11/h1-3,8H. The van der Waals surface area contributed by atoms with Gasteiger partial charge in [0.2, 0.25) is 6.08 Å². The molecule has 5 heteroatoms. The van der Waals surface area contributed by atoms with Crippen molar-refractivity contribution in [3.8, 4) is 0 Å². The molecular weight excluding hydrogens is 232 g/mol.